The molecule has 0 saturated carbocycles. The van der Waals surface area contributed by atoms with Crippen molar-refractivity contribution in [3.05, 3.63) is 29.6 Å². The molecule has 0 amide bonds. The van der Waals surface area contributed by atoms with Crippen LogP contribution in [0.2, 0.25) is 0 Å². The molecule has 0 aliphatic heterocycles. The molecular weight excluding hydrogens is 274 g/mol. The van der Waals surface area contributed by atoms with Crippen LogP contribution >= 0.6 is 0 Å². The van der Waals surface area contributed by atoms with Gasteiger partial charge >= 0.3 is 5.97 Å². The quantitative estimate of drug-likeness (QED) is 0.403. The molecule has 0 aliphatic rings. The Kier molecular flexibility index (Phi) is 5.25. The highest BCUT2D eigenvalue weighted by Crippen LogP contribution is 1.98. The Bertz CT molecular complexity index is 554. The first kappa shape index (κ1) is 15.4. The number of hydrogen-bond acceptors (Lipinski definition) is 4. The van der Waals surface area contributed by atoms with Gasteiger partial charge in [-0.25, -0.2) is 0 Å². The largest absolute Gasteiger partial charge is 0.481 e. The van der Waals surface area contributed by atoms with Crippen molar-refractivity contribution < 1.29 is 32.4 Å². The maximum absolute atomic E-state index is 10.6. The molecule has 0 radical (unpaired) electrons. The van der Waals surface area contributed by atoms with Crippen molar-refractivity contribution in [2.24, 2.45) is 0 Å². The number of carboxylic acids is 1. The van der Waals surface area contributed by atoms with E-state index >= 15 is 0 Å². The molecule has 0 spiro atoms. The molecule has 1 heterocycles. The smallest absolute Gasteiger partial charge is 0.308 e. The minimum absolute atomic E-state index is 0.0990. The van der Waals surface area contributed by atoms with Gasteiger partial charge in [0.25, 0.3) is 10.1 Å². The summed E-state index contributed by atoms with van der Waals surface area (Å²) in [7, 11) is -3.98. The topological polar surface area (TPSA) is 105 Å². The molecular formula is C11H16NO6S+. The first-order valence-corrected chi connectivity index (χ1v) is 7.20. The van der Waals surface area contributed by atoms with Gasteiger partial charge in [0.1, 0.15) is 0 Å². The molecule has 106 valence electrons. The zero-order valence-corrected chi connectivity index (χ0v) is 11.3. The van der Waals surface area contributed by atoms with E-state index in [-0.39, 0.29) is 25.2 Å². The number of carboxylic acid groups (broad SMARTS) is 1. The van der Waals surface area contributed by atoms with Crippen molar-refractivity contribution >= 4 is 16.1 Å². The van der Waals surface area contributed by atoms with E-state index in [0.717, 1.165) is 5.69 Å². The molecule has 0 aromatic carbocycles. The van der Waals surface area contributed by atoms with Crippen molar-refractivity contribution in [2.75, 3.05) is 12.4 Å². The van der Waals surface area contributed by atoms with Crippen molar-refractivity contribution in [3.63, 3.8) is 0 Å². The molecule has 8 heteroatoms. The third-order valence-corrected chi connectivity index (χ3v) is 3.11. The number of hydrogen-bond donors (Lipinski definition) is 2. The van der Waals surface area contributed by atoms with E-state index in [1.54, 1.807) is 19.1 Å². The van der Waals surface area contributed by atoms with E-state index in [1.807, 2.05) is 0 Å². The van der Waals surface area contributed by atoms with Gasteiger partial charge in [-0.05, 0) is 6.07 Å². The maximum atomic E-state index is 10.6. The maximum Gasteiger partial charge on any atom is 0.308 e. The van der Waals surface area contributed by atoms with E-state index in [2.05, 4.69) is 0 Å². The highest BCUT2D eigenvalue weighted by atomic mass is 32.2. The number of aryl methyl sites for hydroxylation is 1. The van der Waals surface area contributed by atoms with Crippen LogP contribution in [0.15, 0.2) is 18.3 Å². The Labute approximate surface area is 111 Å². The van der Waals surface area contributed by atoms with Crippen LogP contribution in [0.5, 0.6) is 0 Å². The summed E-state index contributed by atoms with van der Waals surface area (Å²) < 4.78 is 31.0. The van der Waals surface area contributed by atoms with Crippen LogP contribution in [0.4, 0.5) is 0 Å². The normalized spacial score (nSPS) is 11.3. The van der Waals surface area contributed by atoms with Gasteiger partial charge in [-0.1, -0.05) is 0 Å². The Morgan fingerprint density at radius 2 is 2.11 bits per heavy atom. The summed E-state index contributed by atoms with van der Waals surface area (Å²) >= 11 is 0. The van der Waals surface area contributed by atoms with Crippen LogP contribution in [-0.2, 0) is 21.3 Å². The van der Waals surface area contributed by atoms with Gasteiger partial charge < -0.3 is 5.11 Å². The molecule has 0 fully saturated rings. The van der Waals surface area contributed by atoms with Crippen molar-refractivity contribution in [3.8, 4) is 0 Å². The van der Waals surface area contributed by atoms with Crippen LogP contribution in [0.3, 0.4) is 0 Å². The Morgan fingerprint density at radius 1 is 1.42 bits per heavy atom. The summed E-state index contributed by atoms with van der Waals surface area (Å²) in [4.78, 5) is 15.9. The van der Waals surface area contributed by atoms with Crippen LogP contribution in [0.1, 0.15) is 17.7 Å². The summed E-state index contributed by atoms with van der Waals surface area (Å²) in [6, 6.07) is 3.39. The monoisotopic (exact) mass is 290 g/mol. The summed E-state index contributed by atoms with van der Waals surface area (Å²) in [5.74, 6) is -1.32. The molecule has 1 aromatic rings. The number of aromatic nitrogens is 1. The first-order valence-electron chi connectivity index (χ1n) is 5.59. The fourth-order valence-corrected chi connectivity index (χ4v) is 1.90. The Morgan fingerprint density at radius 3 is 2.68 bits per heavy atom. The van der Waals surface area contributed by atoms with Crippen LogP contribution in [0.25, 0.3) is 0 Å². The third kappa shape index (κ3) is 6.16. The van der Waals surface area contributed by atoms with Gasteiger partial charge in [-0.2, -0.15) is 8.42 Å². The molecule has 0 unspecified atom stereocenters. The zero-order valence-electron chi connectivity index (χ0n) is 10.4. The Hall–Kier alpha value is -1.67. The number of nitrogens with zero attached hydrogens (tertiary/aromatic N) is 1. The summed E-state index contributed by atoms with van der Waals surface area (Å²) in [6.45, 7) is 1.87. The standard InChI is InChI=1S/C11H15NO6S/c1-9-3-4-10(7-11(13)14)8-12(9)18-5-2-6-19(15,16)17/h3-4,8H,2,5-7H2,1H3,(H-,13,14,15,16,17)/p+1. The third-order valence-electron chi connectivity index (χ3n) is 2.30. The Balaban J connectivity index is 2.59. The summed E-state index contributed by atoms with van der Waals surface area (Å²) in [5.41, 5.74) is 1.33. The molecule has 1 rings (SSSR count). The van der Waals surface area contributed by atoms with Gasteiger partial charge in [-0.3, -0.25) is 14.2 Å². The lowest BCUT2D eigenvalue weighted by atomic mass is 10.2. The molecule has 0 saturated heterocycles. The second-order valence-corrected chi connectivity index (χ2v) is 5.62. The molecule has 19 heavy (non-hydrogen) atoms. The van der Waals surface area contributed by atoms with Crippen LogP contribution < -0.4 is 9.57 Å². The molecule has 0 aliphatic carbocycles. The minimum Gasteiger partial charge on any atom is -0.481 e. The van der Waals surface area contributed by atoms with E-state index in [1.165, 1.54) is 10.9 Å². The SMILES string of the molecule is Cc1ccc(CC(=O)O)c[n+]1OCCCS(=O)(=O)O. The minimum atomic E-state index is -3.98. The highest BCUT2D eigenvalue weighted by Gasteiger charge is 2.13. The zero-order chi connectivity index (χ0) is 14.5. The molecule has 0 atom stereocenters. The highest BCUT2D eigenvalue weighted by molar-refractivity contribution is 7.85. The summed E-state index contributed by atoms with van der Waals surface area (Å²) in [6.07, 6.45) is 1.57. The van der Waals surface area contributed by atoms with E-state index in [0.29, 0.717) is 5.56 Å². The van der Waals surface area contributed by atoms with Gasteiger partial charge in [-0.15, -0.1) is 0 Å². The predicted octanol–water partition coefficient (Wildman–Crippen LogP) is -0.384. The van der Waals surface area contributed by atoms with Gasteiger partial charge in [0, 0.05) is 29.7 Å². The molecule has 0 bridgehead atoms. The molecule has 7 nitrogen and oxygen atoms in total. The second kappa shape index (κ2) is 6.48. The lowest BCUT2D eigenvalue weighted by Gasteiger charge is -2.02. The van der Waals surface area contributed by atoms with E-state index < -0.39 is 16.1 Å². The van der Waals surface area contributed by atoms with Crippen LogP contribution in [-0.4, -0.2) is 36.4 Å². The van der Waals surface area contributed by atoms with Gasteiger partial charge in [0.15, 0.2) is 6.61 Å². The lowest BCUT2D eigenvalue weighted by molar-refractivity contribution is -0.895. The average Bonchev–Trinajstić information content (AvgIpc) is 2.26. The number of pyridine rings is 1. The predicted molar refractivity (Wildman–Crippen MR) is 65.2 cm³/mol. The van der Waals surface area contributed by atoms with E-state index in [4.69, 9.17) is 14.5 Å². The molecule has 2 N–H and O–H groups in total. The van der Waals surface area contributed by atoms with Crippen molar-refractivity contribution in [1.29, 1.82) is 0 Å². The van der Waals surface area contributed by atoms with Gasteiger partial charge in [0.05, 0.1) is 12.2 Å². The van der Waals surface area contributed by atoms with Gasteiger partial charge in [0.2, 0.25) is 11.9 Å². The van der Waals surface area contributed by atoms with Crippen LogP contribution in [0, 0.1) is 6.92 Å². The summed E-state index contributed by atoms with van der Waals surface area (Å²) in [5, 5.41) is 8.69. The van der Waals surface area contributed by atoms with E-state index in [9.17, 15) is 13.2 Å². The number of aliphatic carboxylic acids is 1. The van der Waals surface area contributed by atoms with Crippen molar-refractivity contribution in [1.82, 2.24) is 0 Å². The average molecular weight is 290 g/mol. The second-order valence-electron chi connectivity index (χ2n) is 4.05. The number of rotatable bonds is 7. The van der Waals surface area contributed by atoms with Crippen molar-refractivity contribution in [2.45, 2.75) is 19.8 Å². The number of carbonyl (C=O) groups is 1. The first-order chi connectivity index (χ1) is 8.78. The molecule has 1 aromatic heterocycles. The fraction of sp³-hybridized carbons (Fsp3) is 0.455. The lowest BCUT2D eigenvalue weighted by Crippen LogP contribution is -2.46. The fourth-order valence-electron chi connectivity index (χ4n) is 1.42.